The maximum atomic E-state index is 12.8. The lowest BCUT2D eigenvalue weighted by atomic mass is 10.0. The molecule has 10 heteroatoms. The summed E-state index contributed by atoms with van der Waals surface area (Å²) < 4.78 is 29.4. The SMILES string of the molecule is C[C@]1(NC(=O)CN(Cc2nc3ccccc3c(=O)[nH]2)C[C@@H]2CCCO2)CCS(=O)(=O)C1. The highest BCUT2D eigenvalue weighted by atomic mass is 32.2. The summed E-state index contributed by atoms with van der Waals surface area (Å²) >= 11 is 0. The van der Waals surface area contributed by atoms with E-state index < -0.39 is 15.4 Å². The van der Waals surface area contributed by atoms with Crippen LogP contribution >= 0.6 is 0 Å². The molecule has 0 spiro atoms. The second kappa shape index (κ2) is 8.68. The molecule has 0 radical (unpaired) electrons. The molecule has 2 fully saturated rings. The Balaban J connectivity index is 1.49. The van der Waals surface area contributed by atoms with E-state index in [1.165, 1.54) is 0 Å². The zero-order chi connectivity index (χ0) is 22.1. The molecule has 4 rings (SSSR count). The number of amides is 1. The molecule has 31 heavy (non-hydrogen) atoms. The van der Waals surface area contributed by atoms with Gasteiger partial charge >= 0.3 is 0 Å². The molecule has 2 atom stereocenters. The van der Waals surface area contributed by atoms with E-state index >= 15 is 0 Å². The summed E-state index contributed by atoms with van der Waals surface area (Å²) in [6.07, 6.45) is 2.32. The largest absolute Gasteiger partial charge is 0.377 e. The van der Waals surface area contributed by atoms with Gasteiger partial charge in [-0.3, -0.25) is 14.5 Å². The van der Waals surface area contributed by atoms with E-state index in [9.17, 15) is 18.0 Å². The predicted molar refractivity (Wildman–Crippen MR) is 116 cm³/mol. The molecule has 168 valence electrons. The minimum atomic E-state index is -3.12. The summed E-state index contributed by atoms with van der Waals surface area (Å²) in [6.45, 7) is 3.33. The summed E-state index contributed by atoms with van der Waals surface area (Å²) in [6, 6.07) is 7.12. The number of hydrogen-bond donors (Lipinski definition) is 2. The number of aromatic nitrogens is 2. The second-order valence-corrected chi connectivity index (χ2v) is 11.0. The van der Waals surface area contributed by atoms with Gasteiger partial charge in [0.1, 0.15) is 5.82 Å². The zero-order valence-electron chi connectivity index (χ0n) is 17.6. The number of rotatable bonds is 7. The topological polar surface area (TPSA) is 121 Å². The van der Waals surface area contributed by atoms with Gasteiger partial charge in [-0.15, -0.1) is 0 Å². The van der Waals surface area contributed by atoms with Crippen LogP contribution in [0.3, 0.4) is 0 Å². The first kappa shape index (κ1) is 21.9. The van der Waals surface area contributed by atoms with Crippen LogP contribution in [0, 0.1) is 0 Å². The van der Waals surface area contributed by atoms with Crippen LogP contribution in [0.1, 0.15) is 32.0 Å². The van der Waals surface area contributed by atoms with Crippen molar-refractivity contribution in [2.24, 2.45) is 0 Å². The van der Waals surface area contributed by atoms with Gasteiger partial charge in [-0.2, -0.15) is 0 Å². The Morgan fingerprint density at radius 2 is 2.19 bits per heavy atom. The van der Waals surface area contributed by atoms with Crippen molar-refractivity contribution >= 4 is 26.6 Å². The van der Waals surface area contributed by atoms with E-state index in [1.807, 2.05) is 11.0 Å². The van der Waals surface area contributed by atoms with Crippen LogP contribution in [-0.2, 0) is 25.9 Å². The monoisotopic (exact) mass is 448 g/mol. The van der Waals surface area contributed by atoms with Crippen molar-refractivity contribution in [2.75, 3.05) is 31.2 Å². The van der Waals surface area contributed by atoms with Crippen molar-refractivity contribution in [2.45, 2.75) is 44.4 Å². The maximum absolute atomic E-state index is 12.8. The molecule has 0 aliphatic carbocycles. The average Bonchev–Trinajstić information content (AvgIpc) is 3.28. The first-order chi connectivity index (χ1) is 14.7. The van der Waals surface area contributed by atoms with Crippen molar-refractivity contribution in [3.63, 3.8) is 0 Å². The van der Waals surface area contributed by atoms with E-state index in [0.29, 0.717) is 36.3 Å². The lowest BCUT2D eigenvalue weighted by Gasteiger charge is -2.28. The van der Waals surface area contributed by atoms with Crippen molar-refractivity contribution in [3.05, 3.63) is 40.4 Å². The van der Waals surface area contributed by atoms with E-state index in [0.717, 1.165) is 12.8 Å². The van der Waals surface area contributed by atoms with Crippen molar-refractivity contribution < 1.29 is 17.9 Å². The molecule has 2 saturated heterocycles. The van der Waals surface area contributed by atoms with Crippen LogP contribution in [0.15, 0.2) is 29.1 Å². The Morgan fingerprint density at radius 1 is 1.39 bits per heavy atom. The Morgan fingerprint density at radius 3 is 2.90 bits per heavy atom. The lowest BCUT2D eigenvalue weighted by molar-refractivity contribution is -0.124. The van der Waals surface area contributed by atoms with Gasteiger partial charge in [0.05, 0.1) is 47.1 Å². The number of H-pyrrole nitrogens is 1. The fraction of sp³-hybridized carbons (Fsp3) is 0.571. The molecule has 2 N–H and O–H groups in total. The standard InChI is InChI=1S/C21H28N4O5S/c1-21(8-10-31(28,29)14-21)24-19(26)13-25(11-15-5-4-9-30-15)12-18-22-17-7-3-2-6-16(17)20(27)23-18/h2-3,6-7,15H,4-5,8-14H2,1H3,(H,24,26)(H,22,23,27)/t15-,21-/m0/s1. The van der Waals surface area contributed by atoms with Crippen molar-refractivity contribution in [1.29, 1.82) is 0 Å². The van der Waals surface area contributed by atoms with E-state index in [-0.39, 0.29) is 42.2 Å². The number of para-hydroxylation sites is 1. The van der Waals surface area contributed by atoms with E-state index in [2.05, 4.69) is 15.3 Å². The van der Waals surface area contributed by atoms with Gasteiger partial charge in [-0.25, -0.2) is 13.4 Å². The quantitative estimate of drug-likeness (QED) is 0.636. The Bertz CT molecular complexity index is 1130. The molecular formula is C21H28N4O5S. The second-order valence-electron chi connectivity index (χ2n) is 8.79. The van der Waals surface area contributed by atoms with Crippen LogP contribution in [0.2, 0.25) is 0 Å². The van der Waals surface area contributed by atoms with Crippen molar-refractivity contribution in [3.8, 4) is 0 Å². The highest BCUT2D eigenvalue weighted by molar-refractivity contribution is 7.91. The highest BCUT2D eigenvalue weighted by Gasteiger charge is 2.39. The summed E-state index contributed by atoms with van der Waals surface area (Å²) in [5.41, 5.74) is -0.363. The molecule has 1 aromatic carbocycles. The fourth-order valence-corrected chi connectivity index (χ4v) is 6.46. The highest BCUT2D eigenvalue weighted by Crippen LogP contribution is 2.23. The molecule has 3 heterocycles. The smallest absolute Gasteiger partial charge is 0.258 e. The molecule has 1 aromatic heterocycles. The number of benzene rings is 1. The number of sulfone groups is 1. The van der Waals surface area contributed by atoms with Crippen molar-refractivity contribution in [1.82, 2.24) is 20.2 Å². The van der Waals surface area contributed by atoms with Crippen LogP contribution in [-0.4, -0.2) is 72.0 Å². The molecule has 1 amide bonds. The number of fused-ring (bicyclic) bond motifs is 1. The third kappa shape index (κ3) is 5.50. The van der Waals surface area contributed by atoms with Crippen LogP contribution in [0.25, 0.3) is 10.9 Å². The number of aromatic amines is 1. The van der Waals surface area contributed by atoms with Gasteiger partial charge in [0.2, 0.25) is 5.91 Å². The molecular weight excluding hydrogens is 420 g/mol. The van der Waals surface area contributed by atoms with Gasteiger partial charge in [-0.1, -0.05) is 12.1 Å². The number of hydrogen-bond acceptors (Lipinski definition) is 7. The van der Waals surface area contributed by atoms with Crippen LogP contribution < -0.4 is 10.9 Å². The van der Waals surface area contributed by atoms with E-state index in [4.69, 9.17) is 4.74 Å². The Labute approximate surface area is 181 Å². The number of carbonyl (C=O) groups excluding carboxylic acids is 1. The average molecular weight is 449 g/mol. The number of carbonyl (C=O) groups is 1. The summed E-state index contributed by atoms with van der Waals surface area (Å²) in [7, 11) is -3.12. The fourth-order valence-electron chi connectivity index (χ4n) is 4.37. The predicted octanol–water partition coefficient (Wildman–Crippen LogP) is 0.598. The van der Waals surface area contributed by atoms with Gasteiger partial charge in [0.15, 0.2) is 9.84 Å². The first-order valence-electron chi connectivity index (χ1n) is 10.5. The summed E-state index contributed by atoms with van der Waals surface area (Å²) in [4.78, 5) is 34.4. The summed E-state index contributed by atoms with van der Waals surface area (Å²) in [5.74, 6) is 0.271. The van der Waals surface area contributed by atoms with E-state index in [1.54, 1.807) is 25.1 Å². The zero-order valence-corrected chi connectivity index (χ0v) is 18.4. The molecule has 0 saturated carbocycles. The summed E-state index contributed by atoms with van der Waals surface area (Å²) in [5, 5.41) is 3.42. The van der Waals surface area contributed by atoms with Gasteiger partial charge in [0.25, 0.3) is 5.56 Å². The van der Waals surface area contributed by atoms with Gasteiger partial charge < -0.3 is 15.0 Å². The van der Waals surface area contributed by atoms with Crippen LogP contribution in [0.4, 0.5) is 0 Å². The third-order valence-corrected chi connectivity index (χ3v) is 7.74. The minimum Gasteiger partial charge on any atom is -0.377 e. The normalized spacial score (nSPS) is 25.3. The first-order valence-corrected chi connectivity index (χ1v) is 12.4. The van der Waals surface area contributed by atoms with Gasteiger partial charge in [0, 0.05) is 13.2 Å². The number of nitrogens with zero attached hydrogens (tertiary/aromatic N) is 2. The Hall–Kier alpha value is -2.30. The molecule has 9 nitrogen and oxygen atoms in total. The molecule has 0 bridgehead atoms. The Kier molecular flexibility index (Phi) is 6.14. The lowest BCUT2D eigenvalue weighted by Crippen LogP contribution is -2.51. The molecule has 2 aliphatic heterocycles. The molecule has 0 unspecified atom stereocenters. The molecule has 2 aromatic rings. The maximum Gasteiger partial charge on any atom is 0.258 e. The van der Waals surface area contributed by atoms with Crippen LogP contribution in [0.5, 0.6) is 0 Å². The third-order valence-electron chi connectivity index (χ3n) is 5.83. The molecule has 2 aliphatic rings. The number of ether oxygens (including phenoxy) is 1. The minimum absolute atomic E-state index is 0.0161. The number of nitrogens with one attached hydrogen (secondary N) is 2. The van der Waals surface area contributed by atoms with Gasteiger partial charge in [-0.05, 0) is 38.3 Å².